The summed E-state index contributed by atoms with van der Waals surface area (Å²) in [5.41, 5.74) is 0.795. The number of halogens is 2. The lowest BCUT2D eigenvalue weighted by Gasteiger charge is -2.39. The van der Waals surface area contributed by atoms with E-state index in [-0.39, 0.29) is 24.4 Å². The molecule has 1 aromatic carbocycles. The van der Waals surface area contributed by atoms with Gasteiger partial charge < -0.3 is 14.7 Å². The number of nitrogens with zero attached hydrogens (tertiary/aromatic N) is 3. The second kappa shape index (κ2) is 10.5. The lowest BCUT2D eigenvalue weighted by atomic mass is 10.1. The van der Waals surface area contributed by atoms with Crippen LogP contribution >= 0.6 is 23.2 Å². The smallest absolute Gasteiger partial charge is 0.247 e. The lowest BCUT2D eigenvalue weighted by molar-refractivity contribution is -0.146. The second-order valence-electron chi connectivity index (χ2n) is 7.92. The third-order valence-corrected chi connectivity index (χ3v) is 6.41. The molecular weight excluding hydrogens is 409 g/mol. The Labute approximate surface area is 183 Å². The summed E-state index contributed by atoms with van der Waals surface area (Å²) in [6.07, 6.45) is 8.09. The minimum absolute atomic E-state index is 0.00589. The Balaban J connectivity index is 1.49. The summed E-state index contributed by atoms with van der Waals surface area (Å²) in [7, 11) is 0. The molecule has 7 heteroatoms. The van der Waals surface area contributed by atoms with E-state index in [0.717, 1.165) is 25.1 Å². The zero-order valence-corrected chi connectivity index (χ0v) is 18.5. The first-order chi connectivity index (χ1) is 13.9. The summed E-state index contributed by atoms with van der Waals surface area (Å²) in [5, 5.41) is 0.925. The van der Waals surface area contributed by atoms with E-state index in [4.69, 9.17) is 23.2 Å². The van der Waals surface area contributed by atoms with Crippen molar-refractivity contribution in [3.8, 4) is 0 Å². The molecule has 158 valence electrons. The normalized spacial score (nSPS) is 21.2. The Hall–Kier alpha value is -1.56. The standard InChI is InChI=1S/C22H29Cl2N3O2/c1-17-15-26(13-5-12-25-10-3-2-4-11-25)22(29)16-27(17)21(28)9-7-18-6-8-19(23)20(24)14-18/h6-9,14,17H,2-5,10-13,15-16H2,1H3/b9-7+/t17-/m0/s1. The maximum Gasteiger partial charge on any atom is 0.247 e. The SMILES string of the molecule is C[C@H]1CN(CCCN2CCCCC2)C(=O)CN1C(=O)/C=C/c1ccc(Cl)c(Cl)c1. The van der Waals surface area contributed by atoms with Gasteiger partial charge in [0.2, 0.25) is 11.8 Å². The lowest BCUT2D eigenvalue weighted by Crippen LogP contribution is -2.56. The number of benzene rings is 1. The number of hydrogen-bond donors (Lipinski definition) is 0. The zero-order valence-electron chi connectivity index (χ0n) is 16.9. The average molecular weight is 438 g/mol. The first-order valence-corrected chi connectivity index (χ1v) is 11.1. The predicted octanol–water partition coefficient (Wildman–Crippen LogP) is 3.94. The summed E-state index contributed by atoms with van der Waals surface area (Å²) < 4.78 is 0. The number of carbonyl (C=O) groups excluding carboxylic acids is 2. The number of carbonyl (C=O) groups is 2. The Morgan fingerprint density at radius 1 is 1.14 bits per heavy atom. The molecule has 3 rings (SSSR count). The van der Waals surface area contributed by atoms with Crippen molar-refractivity contribution in [1.82, 2.24) is 14.7 Å². The van der Waals surface area contributed by atoms with Crippen LogP contribution in [0.3, 0.4) is 0 Å². The molecular formula is C22H29Cl2N3O2. The molecule has 2 saturated heterocycles. The fourth-order valence-corrected chi connectivity index (χ4v) is 4.29. The molecule has 0 saturated carbocycles. The van der Waals surface area contributed by atoms with Crippen LogP contribution in [-0.4, -0.2) is 71.8 Å². The highest BCUT2D eigenvalue weighted by Gasteiger charge is 2.31. The second-order valence-corrected chi connectivity index (χ2v) is 8.73. The van der Waals surface area contributed by atoms with Crippen LogP contribution in [0.4, 0.5) is 0 Å². The molecule has 2 amide bonds. The summed E-state index contributed by atoms with van der Waals surface area (Å²) in [6, 6.07) is 5.20. The van der Waals surface area contributed by atoms with E-state index < -0.39 is 0 Å². The van der Waals surface area contributed by atoms with Gasteiger partial charge in [0, 0.05) is 25.2 Å². The van der Waals surface area contributed by atoms with E-state index in [0.29, 0.717) is 16.6 Å². The molecule has 1 atom stereocenters. The highest BCUT2D eigenvalue weighted by atomic mass is 35.5. The van der Waals surface area contributed by atoms with Crippen molar-refractivity contribution < 1.29 is 9.59 Å². The molecule has 0 radical (unpaired) electrons. The molecule has 0 N–H and O–H groups in total. The molecule has 2 fully saturated rings. The van der Waals surface area contributed by atoms with Crippen molar-refractivity contribution in [1.29, 1.82) is 0 Å². The summed E-state index contributed by atoms with van der Waals surface area (Å²) in [4.78, 5) is 31.2. The van der Waals surface area contributed by atoms with Crippen LogP contribution in [0.5, 0.6) is 0 Å². The first kappa shape index (κ1) is 22.1. The minimum atomic E-state index is -0.162. The number of amides is 2. The third-order valence-electron chi connectivity index (χ3n) is 5.67. The predicted molar refractivity (Wildman–Crippen MR) is 118 cm³/mol. The first-order valence-electron chi connectivity index (χ1n) is 10.4. The van der Waals surface area contributed by atoms with Gasteiger partial charge in [0.05, 0.1) is 10.0 Å². The van der Waals surface area contributed by atoms with Gasteiger partial charge in [-0.05, 0) is 69.6 Å². The van der Waals surface area contributed by atoms with Crippen LogP contribution in [0.1, 0.15) is 38.2 Å². The fraction of sp³-hybridized carbons (Fsp3) is 0.545. The summed E-state index contributed by atoms with van der Waals surface area (Å²) in [6.45, 7) is 6.89. The fourth-order valence-electron chi connectivity index (χ4n) is 3.98. The van der Waals surface area contributed by atoms with Crippen LogP contribution < -0.4 is 0 Å². The maximum absolute atomic E-state index is 12.6. The molecule has 2 heterocycles. The van der Waals surface area contributed by atoms with Gasteiger partial charge in [-0.2, -0.15) is 0 Å². The number of piperazine rings is 1. The van der Waals surface area contributed by atoms with E-state index in [9.17, 15) is 9.59 Å². The number of rotatable bonds is 6. The van der Waals surface area contributed by atoms with Crippen molar-refractivity contribution in [3.63, 3.8) is 0 Å². The van der Waals surface area contributed by atoms with Crippen molar-refractivity contribution in [2.24, 2.45) is 0 Å². The molecule has 29 heavy (non-hydrogen) atoms. The van der Waals surface area contributed by atoms with Gasteiger partial charge in [-0.15, -0.1) is 0 Å². The molecule has 0 spiro atoms. The van der Waals surface area contributed by atoms with Gasteiger partial charge in [0.25, 0.3) is 0 Å². The van der Waals surface area contributed by atoms with E-state index in [1.807, 2.05) is 11.8 Å². The number of hydrogen-bond acceptors (Lipinski definition) is 3. The van der Waals surface area contributed by atoms with Crippen molar-refractivity contribution in [2.45, 2.75) is 38.6 Å². The van der Waals surface area contributed by atoms with Crippen molar-refractivity contribution in [2.75, 3.05) is 39.3 Å². The Morgan fingerprint density at radius 2 is 1.90 bits per heavy atom. The molecule has 2 aliphatic rings. The Bertz CT molecular complexity index is 762. The van der Waals surface area contributed by atoms with Crippen molar-refractivity contribution in [3.05, 3.63) is 39.9 Å². The van der Waals surface area contributed by atoms with Gasteiger partial charge in [-0.3, -0.25) is 9.59 Å². The Kier molecular flexibility index (Phi) is 7.99. The van der Waals surface area contributed by atoms with Gasteiger partial charge in [-0.1, -0.05) is 35.7 Å². The molecule has 2 aliphatic heterocycles. The van der Waals surface area contributed by atoms with Crippen LogP contribution in [0.25, 0.3) is 6.08 Å². The summed E-state index contributed by atoms with van der Waals surface area (Å²) in [5.74, 6) is -0.136. The molecule has 0 bridgehead atoms. The highest BCUT2D eigenvalue weighted by molar-refractivity contribution is 6.42. The summed E-state index contributed by atoms with van der Waals surface area (Å²) >= 11 is 11.9. The molecule has 0 unspecified atom stereocenters. The Morgan fingerprint density at radius 3 is 2.62 bits per heavy atom. The molecule has 5 nitrogen and oxygen atoms in total. The van der Waals surface area contributed by atoms with E-state index in [1.54, 1.807) is 29.2 Å². The van der Waals surface area contributed by atoms with Gasteiger partial charge >= 0.3 is 0 Å². The number of likely N-dealkylation sites (tertiary alicyclic amines) is 1. The van der Waals surface area contributed by atoms with Crippen LogP contribution in [-0.2, 0) is 9.59 Å². The van der Waals surface area contributed by atoms with Crippen LogP contribution in [0.15, 0.2) is 24.3 Å². The third kappa shape index (κ3) is 6.21. The van der Waals surface area contributed by atoms with Crippen LogP contribution in [0, 0.1) is 0 Å². The van der Waals surface area contributed by atoms with Crippen molar-refractivity contribution >= 4 is 41.1 Å². The maximum atomic E-state index is 12.6. The molecule has 0 aliphatic carbocycles. The van der Waals surface area contributed by atoms with E-state index >= 15 is 0 Å². The van der Waals surface area contributed by atoms with Gasteiger partial charge in [0.1, 0.15) is 6.54 Å². The monoisotopic (exact) mass is 437 g/mol. The topological polar surface area (TPSA) is 43.9 Å². The largest absolute Gasteiger partial charge is 0.339 e. The van der Waals surface area contributed by atoms with Crippen LogP contribution in [0.2, 0.25) is 10.0 Å². The van der Waals surface area contributed by atoms with Gasteiger partial charge in [-0.25, -0.2) is 0 Å². The average Bonchev–Trinajstić information content (AvgIpc) is 2.71. The van der Waals surface area contributed by atoms with Gasteiger partial charge in [0.15, 0.2) is 0 Å². The molecule has 0 aromatic heterocycles. The number of piperidine rings is 1. The quantitative estimate of drug-likeness (QED) is 0.632. The molecule has 1 aromatic rings. The highest BCUT2D eigenvalue weighted by Crippen LogP contribution is 2.23. The van der Waals surface area contributed by atoms with E-state index in [2.05, 4.69) is 4.90 Å². The van der Waals surface area contributed by atoms with E-state index in [1.165, 1.54) is 38.4 Å². The minimum Gasteiger partial charge on any atom is -0.339 e. The zero-order chi connectivity index (χ0) is 20.8.